The van der Waals surface area contributed by atoms with Gasteiger partial charge in [-0.05, 0) is 42.8 Å². The van der Waals surface area contributed by atoms with Crippen LogP contribution in [0.4, 0.5) is 5.69 Å². The minimum absolute atomic E-state index is 0.000155. The molecule has 25 heavy (non-hydrogen) atoms. The Hall–Kier alpha value is -2.08. The summed E-state index contributed by atoms with van der Waals surface area (Å²) in [5.74, 6) is 0.000155. The Kier molecular flexibility index (Phi) is 6.28. The highest BCUT2D eigenvalue weighted by molar-refractivity contribution is 7.99. The van der Waals surface area contributed by atoms with Crippen molar-refractivity contribution in [2.45, 2.75) is 16.3 Å². The normalized spacial score (nSPS) is 10.8. The molecule has 0 saturated carbocycles. The highest BCUT2D eigenvalue weighted by Gasteiger charge is 2.11. The van der Waals surface area contributed by atoms with Gasteiger partial charge in [-0.3, -0.25) is 9.69 Å². The molecule has 0 unspecified atom stereocenters. The van der Waals surface area contributed by atoms with Crippen molar-refractivity contribution in [1.82, 2.24) is 4.90 Å². The molecule has 0 spiro atoms. The van der Waals surface area contributed by atoms with Crippen molar-refractivity contribution in [3.8, 4) is 0 Å². The van der Waals surface area contributed by atoms with Crippen molar-refractivity contribution in [3.63, 3.8) is 0 Å². The van der Waals surface area contributed by atoms with E-state index in [1.165, 1.54) is 4.88 Å². The summed E-state index contributed by atoms with van der Waals surface area (Å²) in [5.41, 5.74) is 0.853. The van der Waals surface area contributed by atoms with Crippen LogP contribution in [0.1, 0.15) is 4.88 Å². The van der Waals surface area contributed by atoms with E-state index in [1.54, 1.807) is 23.1 Å². The Balaban J connectivity index is 1.61. The first-order valence-corrected chi connectivity index (χ1v) is 9.73. The fourth-order valence-electron chi connectivity index (χ4n) is 2.43. The topological polar surface area (TPSA) is 32.3 Å². The van der Waals surface area contributed by atoms with Crippen molar-refractivity contribution < 1.29 is 4.79 Å². The van der Waals surface area contributed by atoms with Crippen molar-refractivity contribution in [1.29, 1.82) is 0 Å². The van der Waals surface area contributed by atoms with Crippen LogP contribution in [0.3, 0.4) is 0 Å². The molecule has 0 aliphatic carbocycles. The van der Waals surface area contributed by atoms with Gasteiger partial charge in [0.1, 0.15) is 0 Å². The molecule has 0 saturated heterocycles. The molecule has 0 atom stereocenters. The molecule has 1 aromatic heterocycles. The fraction of sp³-hybridized carbons (Fsp3) is 0.150. The largest absolute Gasteiger partial charge is 0.324 e. The van der Waals surface area contributed by atoms with Crippen molar-refractivity contribution in [2.75, 3.05) is 18.9 Å². The molecular weight excluding hydrogens is 348 g/mol. The van der Waals surface area contributed by atoms with Crippen LogP contribution in [0.25, 0.3) is 0 Å². The minimum atomic E-state index is 0.000155. The van der Waals surface area contributed by atoms with Gasteiger partial charge in [-0.2, -0.15) is 0 Å². The van der Waals surface area contributed by atoms with Crippen molar-refractivity contribution in [3.05, 3.63) is 77.0 Å². The van der Waals surface area contributed by atoms with Crippen molar-refractivity contribution >= 4 is 34.7 Å². The molecule has 0 aliphatic heterocycles. The number of nitrogens with zero attached hydrogens (tertiary/aromatic N) is 1. The maximum Gasteiger partial charge on any atom is 0.238 e. The van der Waals surface area contributed by atoms with Crippen LogP contribution in [-0.4, -0.2) is 24.4 Å². The molecule has 128 valence electrons. The van der Waals surface area contributed by atoms with Gasteiger partial charge in [0.2, 0.25) is 5.91 Å². The summed E-state index contributed by atoms with van der Waals surface area (Å²) in [5, 5.41) is 5.10. The Bertz CT molecular complexity index is 804. The molecule has 2 aromatic carbocycles. The lowest BCUT2D eigenvalue weighted by molar-refractivity contribution is -0.117. The zero-order valence-corrected chi connectivity index (χ0v) is 15.6. The smallest absolute Gasteiger partial charge is 0.238 e. The maximum atomic E-state index is 12.4. The Morgan fingerprint density at radius 2 is 1.80 bits per heavy atom. The van der Waals surface area contributed by atoms with Gasteiger partial charge >= 0.3 is 0 Å². The zero-order valence-electron chi connectivity index (χ0n) is 14.0. The number of benzene rings is 2. The molecular formula is C20H20N2OS2. The van der Waals surface area contributed by atoms with Crippen LogP contribution >= 0.6 is 23.1 Å². The lowest BCUT2D eigenvalue weighted by atomic mass is 10.3. The molecule has 3 rings (SSSR count). The van der Waals surface area contributed by atoms with Gasteiger partial charge in [0.25, 0.3) is 0 Å². The predicted octanol–water partition coefficient (Wildman–Crippen LogP) is 4.97. The molecule has 0 bridgehead atoms. The van der Waals surface area contributed by atoms with Gasteiger partial charge in [-0.15, -0.1) is 11.3 Å². The van der Waals surface area contributed by atoms with E-state index in [9.17, 15) is 4.79 Å². The third-order valence-corrected chi connectivity index (χ3v) is 5.50. The van der Waals surface area contributed by atoms with Crippen LogP contribution in [0.2, 0.25) is 0 Å². The number of thiophene rings is 1. The van der Waals surface area contributed by atoms with Gasteiger partial charge in [0.05, 0.1) is 12.2 Å². The monoisotopic (exact) mass is 368 g/mol. The van der Waals surface area contributed by atoms with E-state index in [1.807, 2.05) is 60.5 Å². The third-order valence-electron chi connectivity index (χ3n) is 3.55. The van der Waals surface area contributed by atoms with Crippen LogP contribution in [0.15, 0.2) is 81.9 Å². The Morgan fingerprint density at radius 1 is 1.04 bits per heavy atom. The quantitative estimate of drug-likeness (QED) is 0.639. The Morgan fingerprint density at radius 3 is 2.56 bits per heavy atom. The summed E-state index contributed by atoms with van der Waals surface area (Å²) in [6.45, 7) is 1.15. The van der Waals surface area contributed by atoms with Gasteiger partial charge in [0, 0.05) is 21.2 Å². The van der Waals surface area contributed by atoms with Crippen LogP contribution in [-0.2, 0) is 11.3 Å². The van der Waals surface area contributed by atoms with E-state index in [-0.39, 0.29) is 5.91 Å². The standard InChI is InChI=1S/C20H20N2OS2/c1-22(14-17-10-7-13-24-17)15-20(23)21-18-11-5-6-12-19(18)25-16-8-3-2-4-9-16/h2-13H,14-15H2,1H3,(H,21,23). The van der Waals surface area contributed by atoms with E-state index in [0.717, 1.165) is 22.0 Å². The van der Waals surface area contributed by atoms with E-state index in [0.29, 0.717) is 6.54 Å². The minimum Gasteiger partial charge on any atom is -0.324 e. The number of nitrogens with one attached hydrogen (secondary N) is 1. The van der Waals surface area contributed by atoms with E-state index < -0.39 is 0 Å². The number of anilines is 1. The average Bonchev–Trinajstić information content (AvgIpc) is 3.10. The number of carbonyl (C=O) groups excluding carboxylic acids is 1. The number of amides is 1. The van der Waals surface area contributed by atoms with Gasteiger partial charge < -0.3 is 5.32 Å². The number of hydrogen-bond acceptors (Lipinski definition) is 4. The van der Waals surface area contributed by atoms with Gasteiger partial charge in [-0.25, -0.2) is 0 Å². The molecule has 0 fully saturated rings. The molecule has 1 N–H and O–H groups in total. The zero-order chi connectivity index (χ0) is 17.5. The number of carbonyl (C=O) groups is 1. The summed E-state index contributed by atoms with van der Waals surface area (Å²) < 4.78 is 0. The number of para-hydroxylation sites is 1. The second-order valence-corrected chi connectivity index (χ2v) is 7.86. The van der Waals surface area contributed by atoms with Crippen LogP contribution in [0, 0.1) is 0 Å². The van der Waals surface area contributed by atoms with E-state index in [4.69, 9.17) is 0 Å². The molecule has 3 aromatic rings. The molecule has 0 radical (unpaired) electrons. The average molecular weight is 369 g/mol. The highest BCUT2D eigenvalue weighted by Crippen LogP contribution is 2.33. The SMILES string of the molecule is CN(CC(=O)Nc1ccccc1Sc1ccccc1)Cc1cccs1. The fourth-order valence-corrected chi connectivity index (χ4v) is 4.14. The molecule has 3 nitrogen and oxygen atoms in total. The lowest BCUT2D eigenvalue weighted by Gasteiger charge is -2.16. The lowest BCUT2D eigenvalue weighted by Crippen LogP contribution is -2.29. The third kappa shape index (κ3) is 5.46. The summed E-state index contributed by atoms with van der Waals surface area (Å²) in [7, 11) is 1.96. The molecule has 1 heterocycles. The maximum absolute atomic E-state index is 12.4. The predicted molar refractivity (Wildman–Crippen MR) is 106 cm³/mol. The van der Waals surface area contributed by atoms with Gasteiger partial charge in [0.15, 0.2) is 0 Å². The first-order chi connectivity index (χ1) is 12.2. The molecule has 5 heteroatoms. The number of likely N-dealkylation sites (N-methyl/N-ethyl adjacent to an activating group) is 1. The molecule has 0 aliphatic rings. The van der Waals surface area contributed by atoms with Crippen LogP contribution in [0.5, 0.6) is 0 Å². The highest BCUT2D eigenvalue weighted by atomic mass is 32.2. The number of rotatable bonds is 7. The van der Waals surface area contributed by atoms with Gasteiger partial charge in [-0.1, -0.05) is 48.2 Å². The molecule has 1 amide bonds. The first kappa shape index (κ1) is 17.7. The summed E-state index contributed by atoms with van der Waals surface area (Å²) in [4.78, 5) is 17.9. The summed E-state index contributed by atoms with van der Waals surface area (Å²) >= 11 is 3.36. The summed E-state index contributed by atoms with van der Waals surface area (Å²) in [6, 6.07) is 22.2. The van der Waals surface area contributed by atoms with Crippen LogP contribution < -0.4 is 5.32 Å². The Labute approximate surface area is 156 Å². The van der Waals surface area contributed by atoms with E-state index >= 15 is 0 Å². The number of hydrogen-bond donors (Lipinski definition) is 1. The van der Waals surface area contributed by atoms with E-state index in [2.05, 4.69) is 28.9 Å². The second kappa shape index (κ2) is 8.85. The summed E-state index contributed by atoms with van der Waals surface area (Å²) in [6.07, 6.45) is 0. The first-order valence-electron chi connectivity index (χ1n) is 8.03. The van der Waals surface area contributed by atoms with Crippen molar-refractivity contribution in [2.24, 2.45) is 0 Å². The second-order valence-electron chi connectivity index (χ2n) is 5.71.